The molecule has 3 nitrogen and oxygen atoms in total. The Hall–Kier alpha value is -1.53. The zero-order valence-corrected chi connectivity index (χ0v) is 9.45. The summed E-state index contributed by atoms with van der Waals surface area (Å²) in [5.41, 5.74) is 2.86. The number of nitrogens with zero attached hydrogens (tertiary/aromatic N) is 2. The summed E-state index contributed by atoms with van der Waals surface area (Å²) in [5.74, 6) is 0. The lowest BCUT2D eigenvalue weighted by Gasteiger charge is -2.19. The lowest BCUT2D eigenvalue weighted by Crippen LogP contribution is -2.22. The van der Waals surface area contributed by atoms with E-state index in [9.17, 15) is 0 Å². The van der Waals surface area contributed by atoms with Crippen molar-refractivity contribution in [3.8, 4) is 6.07 Å². The van der Waals surface area contributed by atoms with Crippen LogP contribution < -0.4 is 4.90 Å². The van der Waals surface area contributed by atoms with E-state index >= 15 is 0 Å². The molecule has 0 aliphatic carbocycles. The number of methoxy groups -OCH3 is 1. The van der Waals surface area contributed by atoms with E-state index in [1.165, 1.54) is 0 Å². The SMILES string of the molecule is COCCN(C)c1ccc(C#N)c(C)c1. The van der Waals surface area contributed by atoms with Gasteiger partial charge in [0.05, 0.1) is 18.2 Å². The molecular formula is C12H16N2O. The van der Waals surface area contributed by atoms with Crippen LogP contribution in [0.25, 0.3) is 0 Å². The molecule has 0 amide bonds. The second-order valence-corrected chi connectivity index (χ2v) is 3.53. The van der Waals surface area contributed by atoms with Crippen molar-refractivity contribution in [3.05, 3.63) is 29.3 Å². The van der Waals surface area contributed by atoms with Crippen LogP contribution in [0.2, 0.25) is 0 Å². The van der Waals surface area contributed by atoms with Crippen LogP contribution in [0.4, 0.5) is 5.69 Å². The number of benzene rings is 1. The Labute approximate surface area is 90.9 Å². The van der Waals surface area contributed by atoms with Gasteiger partial charge >= 0.3 is 0 Å². The molecule has 3 heteroatoms. The second-order valence-electron chi connectivity index (χ2n) is 3.53. The number of aryl methyl sites for hydroxylation is 1. The van der Waals surface area contributed by atoms with E-state index in [1.54, 1.807) is 7.11 Å². The molecule has 1 aromatic rings. The molecular weight excluding hydrogens is 188 g/mol. The number of hydrogen-bond acceptors (Lipinski definition) is 3. The maximum absolute atomic E-state index is 8.81. The Bertz CT molecular complexity index is 368. The van der Waals surface area contributed by atoms with Gasteiger partial charge in [-0.25, -0.2) is 0 Å². The summed E-state index contributed by atoms with van der Waals surface area (Å²) >= 11 is 0. The van der Waals surface area contributed by atoms with Gasteiger partial charge < -0.3 is 9.64 Å². The molecule has 0 fully saturated rings. The number of anilines is 1. The van der Waals surface area contributed by atoms with Gasteiger partial charge in [0.1, 0.15) is 0 Å². The summed E-state index contributed by atoms with van der Waals surface area (Å²) in [6.07, 6.45) is 0. The van der Waals surface area contributed by atoms with Gasteiger partial charge in [0.15, 0.2) is 0 Å². The normalized spacial score (nSPS) is 9.73. The van der Waals surface area contributed by atoms with E-state index in [2.05, 4.69) is 11.0 Å². The van der Waals surface area contributed by atoms with E-state index in [0.29, 0.717) is 6.61 Å². The number of likely N-dealkylation sites (N-methyl/N-ethyl adjacent to an activating group) is 1. The van der Waals surface area contributed by atoms with Crippen molar-refractivity contribution in [3.63, 3.8) is 0 Å². The van der Waals surface area contributed by atoms with Crippen molar-refractivity contribution in [1.29, 1.82) is 5.26 Å². The molecule has 15 heavy (non-hydrogen) atoms. The highest BCUT2D eigenvalue weighted by molar-refractivity contribution is 5.52. The van der Waals surface area contributed by atoms with Crippen molar-refractivity contribution in [2.45, 2.75) is 6.92 Å². The molecule has 0 radical (unpaired) electrons. The number of ether oxygens (including phenoxy) is 1. The first-order valence-electron chi connectivity index (χ1n) is 4.90. The summed E-state index contributed by atoms with van der Waals surface area (Å²) in [4.78, 5) is 2.11. The minimum Gasteiger partial charge on any atom is -0.383 e. The zero-order chi connectivity index (χ0) is 11.3. The molecule has 0 saturated heterocycles. The summed E-state index contributed by atoms with van der Waals surface area (Å²) in [6, 6.07) is 8.00. The standard InChI is InChI=1S/C12H16N2O/c1-10-8-12(5-4-11(10)9-13)14(2)6-7-15-3/h4-5,8H,6-7H2,1-3H3. The van der Waals surface area contributed by atoms with Crippen LogP contribution in [0.5, 0.6) is 0 Å². The van der Waals surface area contributed by atoms with Crippen LogP contribution in [0.3, 0.4) is 0 Å². The van der Waals surface area contributed by atoms with E-state index in [4.69, 9.17) is 10.00 Å². The van der Waals surface area contributed by atoms with Crippen molar-refractivity contribution in [1.82, 2.24) is 0 Å². The van der Waals surface area contributed by atoms with Gasteiger partial charge in [-0.2, -0.15) is 5.26 Å². The van der Waals surface area contributed by atoms with E-state index < -0.39 is 0 Å². The highest BCUT2D eigenvalue weighted by atomic mass is 16.5. The quantitative estimate of drug-likeness (QED) is 0.752. The largest absolute Gasteiger partial charge is 0.383 e. The van der Waals surface area contributed by atoms with Crippen molar-refractivity contribution < 1.29 is 4.74 Å². The molecule has 1 rings (SSSR count). The molecule has 0 saturated carbocycles. The predicted molar refractivity (Wildman–Crippen MR) is 61.0 cm³/mol. The smallest absolute Gasteiger partial charge is 0.0994 e. The van der Waals surface area contributed by atoms with Crippen molar-refractivity contribution in [2.24, 2.45) is 0 Å². The monoisotopic (exact) mass is 204 g/mol. The van der Waals surface area contributed by atoms with E-state index in [-0.39, 0.29) is 0 Å². The van der Waals surface area contributed by atoms with Gasteiger partial charge in [0, 0.05) is 26.4 Å². The molecule has 0 aliphatic heterocycles. The Morgan fingerprint density at radius 3 is 2.73 bits per heavy atom. The van der Waals surface area contributed by atoms with Crippen LogP contribution in [-0.4, -0.2) is 27.3 Å². The zero-order valence-electron chi connectivity index (χ0n) is 9.45. The summed E-state index contributed by atoms with van der Waals surface area (Å²) in [7, 11) is 3.71. The van der Waals surface area contributed by atoms with Gasteiger partial charge in [0.2, 0.25) is 0 Å². The van der Waals surface area contributed by atoms with Gasteiger partial charge in [-0.1, -0.05) is 0 Å². The minimum absolute atomic E-state index is 0.704. The maximum atomic E-state index is 8.81. The van der Waals surface area contributed by atoms with Crippen LogP contribution in [0, 0.1) is 18.3 Å². The van der Waals surface area contributed by atoms with Crippen LogP contribution in [-0.2, 0) is 4.74 Å². The van der Waals surface area contributed by atoms with Gasteiger partial charge in [-0.15, -0.1) is 0 Å². The predicted octanol–water partition coefficient (Wildman–Crippen LogP) is 1.95. The third kappa shape index (κ3) is 2.97. The van der Waals surface area contributed by atoms with Crippen LogP contribution in [0.15, 0.2) is 18.2 Å². The third-order valence-electron chi connectivity index (χ3n) is 2.40. The minimum atomic E-state index is 0.704. The van der Waals surface area contributed by atoms with Gasteiger partial charge in [-0.05, 0) is 30.7 Å². The Kier molecular flexibility index (Phi) is 4.14. The molecule has 0 atom stereocenters. The number of hydrogen-bond donors (Lipinski definition) is 0. The van der Waals surface area contributed by atoms with E-state index in [0.717, 1.165) is 23.4 Å². The average molecular weight is 204 g/mol. The summed E-state index contributed by atoms with van der Waals surface area (Å²) in [6.45, 7) is 3.50. The van der Waals surface area contributed by atoms with Crippen LogP contribution >= 0.6 is 0 Å². The fraction of sp³-hybridized carbons (Fsp3) is 0.417. The molecule has 0 spiro atoms. The fourth-order valence-electron chi connectivity index (χ4n) is 1.37. The lowest BCUT2D eigenvalue weighted by molar-refractivity contribution is 0.206. The highest BCUT2D eigenvalue weighted by Crippen LogP contribution is 2.17. The molecule has 0 unspecified atom stereocenters. The molecule has 0 aromatic heterocycles. The number of rotatable bonds is 4. The first-order chi connectivity index (χ1) is 7.19. The van der Waals surface area contributed by atoms with Crippen molar-refractivity contribution in [2.75, 3.05) is 32.2 Å². The van der Waals surface area contributed by atoms with Crippen LogP contribution in [0.1, 0.15) is 11.1 Å². The lowest BCUT2D eigenvalue weighted by atomic mass is 10.1. The molecule has 0 aliphatic rings. The van der Waals surface area contributed by atoms with Gasteiger partial charge in [0.25, 0.3) is 0 Å². The molecule has 80 valence electrons. The molecule has 1 aromatic carbocycles. The molecule has 0 bridgehead atoms. The van der Waals surface area contributed by atoms with E-state index in [1.807, 2.05) is 32.2 Å². The average Bonchev–Trinajstić information content (AvgIpc) is 2.25. The molecule has 0 N–H and O–H groups in total. The van der Waals surface area contributed by atoms with Gasteiger partial charge in [-0.3, -0.25) is 0 Å². The molecule has 0 heterocycles. The second kappa shape index (κ2) is 5.38. The first-order valence-corrected chi connectivity index (χ1v) is 4.90. The number of nitriles is 1. The summed E-state index contributed by atoms with van der Waals surface area (Å²) in [5, 5.41) is 8.81. The Balaban J connectivity index is 2.79. The topological polar surface area (TPSA) is 36.3 Å². The fourth-order valence-corrected chi connectivity index (χ4v) is 1.37. The maximum Gasteiger partial charge on any atom is 0.0994 e. The summed E-state index contributed by atoms with van der Waals surface area (Å²) < 4.78 is 5.02. The van der Waals surface area contributed by atoms with Crippen molar-refractivity contribution >= 4 is 5.69 Å². The highest BCUT2D eigenvalue weighted by Gasteiger charge is 2.03. The first kappa shape index (κ1) is 11.5. The Morgan fingerprint density at radius 2 is 2.20 bits per heavy atom. The third-order valence-corrected chi connectivity index (χ3v) is 2.40. The Morgan fingerprint density at radius 1 is 1.47 bits per heavy atom.